The van der Waals surface area contributed by atoms with E-state index in [4.69, 9.17) is 39.8 Å². The van der Waals surface area contributed by atoms with Crippen LogP contribution in [-0.2, 0) is 12.8 Å². The number of allylic oxidation sites excluding steroid dienone is 2. The van der Waals surface area contributed by atoms with Crippen molar-refractivity contribution >= 4 is 64.6 Å². The van der Waals surface area contributed by atoms with E-state index in [0.717, 1.165) is 62.5 Å². The third-order valence-electron chi connectivity index (χ3n) is 6.71. The molecule has 0 fully saturated rings. The Morgan fingerprint density at radius 3 is 1.93 bits per heavy atom. The van der Waals surface area contributed by atoms with Gasteiger partial charge in [-0.3, -0.25) is 0 Å². The Hall–Kier alpha value is -3.47. The Kier molecular flexibility index (Phi) is 8.68. The lowest BCUT2D eigenvalue weighted by Crippen LogP contribution is -1.93. The zero-order chi connectivity index (χ0) is 26.8. The fraction of sp³-hybridized carbons (Fsp3) is 0.0606. The molecule has 6 rings (SSSR count). The number of halogens is 4. The third-order valence-corrected chi connectivity index (χ3v) is 7.47. The van der Waals surface area contributed by atoms with Gasteiger partial charge >= 0.3 is 0 Å². The van der Waals surface area contributed by atoms with Gasteiger partial charge in [0.25, 0.3) is 0 Å². The number of rotatable bonds is 7. The predicted octanol–water partition coefficient (Wildman–Crippen LogP) is 9.83. The highest BCUT2D eigenvalue weighted by Crippen LogP contribution is 2.34. The van der Waals surface area contributed by atoms with Crippen LogP contribution in [-0.4, -0.2) is 15.7 Å². The van der Waals surface area contributed by atoms with Gasteiger partial charge in [0.2, 0.25) is 0 Å². The van der Waals surface area contributed by atoms with Crippen molar-refractivity contribution in [2.24, 2.45) is 4.99 Å². The van der Waals surface area contributed by atoms with Crippen LogP contribution in [0.15, 0.2) is 114 Å². The molecule has 0 spiro atoms. The average molecular weight is 605 g/mol. The molecule has 0 radical (unpaired) electrons. The van der Waals surface area contributed by atoms with Crippen molar-refractivity contribution in [3.63, 3.8) is 0 Å². The first-order chi connectivity index (χ1) is 19.0. The van der Waals surface area contributed by atoms with Gasteiger partial charge in [0.15, 0.2) is 0 Å². The number of nitrogens with zero attached hydrogens (tertiary/aromatic N) is 1. The first kappa shape index (κ1) is 28.1. The van der Waals surface area contributed by atoms with Crippen LogP contribution in [0.3, 0.4) is 0 Å². The molecule has 3 heterocycles. The Morgan fingerprint density at radius 2 is 1.32 bits per heavy atom. The van der Waals surface area contributed by atoms with Gasteiger partial charge < -0.3 is 9.97 Å². The van der Waals surface area contributed by atoms with E-state index in [0.29, 0.717) is 5.02 Å². The number of hydrogen-bond acceptors (Lipinski definition) is 1. The second-order valence-electron chi connectivity index (χ2n) is 9.52. The van der Waals surface area contributed by atoms with Crippen LogP contribution in [0.1, 0.15) is 39.3 Å². The summed E-state index contributed by atoms with van der Waals surface area (Å²) in [5.74, 6) is 0. The fourth-order valence-electron chi connectivity index (χ4n) is 4.76. The Balaban J connectivity index is 0.00000323. The van der Waals surface area contributed by atoms with Crippen LogP contribution >= 0.6 is 47.2 Å². The highest BCUT2D eigenvalue weighted by Gasteiger charge is 2.19. The molecule has 0 saturated heterocycles. The van der Waals surface area contributed by atoms with Crippen LogP contribution < -0.4 is 0 Å². The largest absolute Gasteiger partial charge is 0.360 e. The van der Waals surface area contributed by atoms with Gasteiger partial charge in [-0.05, 0) is 95.4 Å². The van der Waals surface area contributed by atoms with Gasteiger partial charge in [0.05, 0.1) is 17.1 Å². The number of aliphatic imine (C=N–C) groups is 1. The Labute approximate surface area is 254 Å². The summed E-state index contributed by atoms with van der Waals surface area (Å²) in [6.07, 6.45) is 7.71. The van der Waals surface area contributed by atoms with Crippen molar-refractivity contribution in [2.75, 3.05) is 0 Å². The van der Waals surface area contributed by atoms with Crippen LogP contribution in [0.5, 0.6) is 0 Å². The van der Waals surface area contributed by atoms with Crippen LogP contribution in [0.25, 0.3) is 11.6 Å². The maximum Gasteiger partial charge on any atom is 0.0878 e. The Bertz CT molecular complexity index is 1690. The maximum absolute atomic E-state index is 6.19. The average Bonchev–Trinajstić information content (AvgIpc) is 3.69. The molecule has 3 aromatic carbocycles. The molecule has 0 unspecified atom stereocenters. The monoisotopic (exact) mass is 603 g/mol. The van der Waals surface area contributed by atoms with Crippen molar-refractivity contribution in [1.29, 1.82) is 0 Å². The first-order valence-corrected chi connectivity index (χ1v) is 13.8. The molecule has 1 aliphatic heterocycles. The normalized spacial score (nSPS) is 13.7. The minimum absolute atomic E-state index is 0. The smallest absolute Gasteiger partial charge is 0.0878 e. The second-order valence-corrected chi connectivity index (χ2v) is 10.8. The fourth-order valence-corrected chi connectivity index (χ4v) is 5.14. The molecule has 3 nitrogen and oxygen atoms in total. The van der Waals surface area contributed by atoms with Gasteiger partial charge in [-0.2, -0.15) is 0 Å². The summed E-state index contributed by atoms with van der Waals surface area (Å²) >= 11 is 18.4. The van der Waals surface area contributed by atoms with Crippen LogP contribution in [0.2, 0.25) is 15.1 Å². The molecule has 5 aromatic rings. The molecule has 7 heteroatoms. The molecule has 0 atom stereocenters. The number of hydrogen-bond donors (Lipinski definition) is 2. The summed E-state index contributed by atoms with van der Waals surface area (Å²) in [7, 11) is 0. The van der Waals surface area contributed by atoms with Gasteiger partial charge in [0, 0.05) is 44.6 Å². The van der Waals surface area contributed by atoms with E-state index in [1.165, 1.54) is 16.7 Å². The van der Waals surface area contributed by atoms with E-state index in [1.54, 1.807) is 0 Å². The minimum Gasteiger partial charge on any atom is -0.360 e. The maximum atomic E-state index is 6.19. The number of aromatic nitrogens is 2. The molecular weight excluding hydrogens is 580 g/mol. The number of nitrogens with one attached hydrogen (secondary N) is 2. The number of aromatic amines is 2. The summed E-state index contributed by atoms with van der Waals surface area (Å²) in [6.45, 7) is 0. The van der Waals surface area contributed by atoms with E-state index in [9.17, 15) is 0 Å². The summed E-state index contributed by atoms with van der Waals surface area (Å²) in [4.78, 5) is 12.0. The lowest BCUT2D eigenvalue weighted by Gasteiger charge is -2.06. The molecule has 200 valence electrons. The molecule has 0 saturated carbocycles. The first-order valence-electron chi connectivity index (χ1n) is 12.6. The van der Waals surface area contributed by atoms with E-state index in [-0.39, 0.29) is 12.4 Å². The van der Waals surface area contributed by atoms with Crippen LogP contribution in [0, 0.1) is 0 Å². The lowest BCUT2D eigenvalue weighted by molar-refractivity contribution is 1.10. The van der Waals surface area contributed by atoms with Crippen LogP contribution in [0.4, 0.5) is 0 Å². The van der Waals surface area contributed by atoms with Gasteiger partial charge in [-0.25, -0.2) is 4.99 Å². The van der Waals surface area contributed by atoms with Crippen molar-refractivity contribution in [1.82, 2.24) is 9.97 Å². The standard InChI is InChI=1S/C33H24Cl3N3.ClH/c34-25-9-3-21(4-10-25)16-24-18-28(17-22-5-11-26(35)12-6-22)38-31(24)20-32-29(23-7-13-27(36)14-8-23)19-33(39-32)30-2-1-15-37-30;/h1-15,18-20,37-38H,16-17H2;1H/b32-20-;. The van der Waals surface area contributed by atoms with Crippen molar-refractivity contribution in [3.8, 4) is 0 Å². The molecule has 0 aliphatic carbocycles. The second kappa shape index (κ2) is 12.4. The Morgan fingerprint density at radius 1 is 0.725 bits per heavy atom. The summed E-state index contributed by atoms with van der Waals surface area (Å²) in [5, 5.41) is 2.17. The highest BCUT2D eigenvalue weighted by atomic mass is 35.5. The summed E-state index contributed by atoms with van der Waals surface area (Å²) < 4.78 is 0. The van der Waals surface area contributed by atoms with Crippen molar-refractivity contribution in [2.45, 2.75) is 12.8 Å². The van der Waals surface area contributed by atoms with E-state index < -0.39 is 0 Å². The third kappa shape index (κ3) is 6.46. The van der Waals surface area contributed by atoms with E-state index >= 15 is 0 Å². The summed E-state index contributed by atoms with van der Waals surface area (Å²) in [6, 6.07) is 30.1. The van der Waals surface area contributed by atoms with Gasteiger partial charge in [-0.15, -0.1) is 12.4 Å². The molecule has 2 aromatic heterocycles. The zero-order valence-electron chi connectivity index (χ0n) is 21.3. The molecular formula is C33H25Cl4N3. The van der Waals surface area contributed by atoms with Gasteiger partial charge in [-0.1, -0.05) is 71.2 Å². The molecule has 0 bridgehead atoms. The topological polar surface area (TPSA) is 43.9 Å². The lowest BCUT2D eigenvalue weighted by atomic mass is 10.0. The van der Waals surface area contributed by atoms with Crippen molar-refractivity contribution < 1.29 is 0 Å². The predicted molar refractivity (Wildman–Crippen MR) is 171 cm³/mol. The minimum atomic E-state index is 0. The number of benzene rings is 3. The molecule has 1 aliphatic rings. The molecule has 0 amide bonds. The SMILES string of the molecule is Cl.Clc1ccc(Cc2cc(Cc3ccc(Cl)cc3)c(/C=C3\N=C(c4ccc[nH]4)C=C3c3ccc(Cl)cc3)[nH]2)cc1. The number of H-pyrrole nitrogens is 2. The van der Waals surface area contributed by atoms with Crippen molar-refractivity contribution in [3.05, 3.63) is 163 Å². The molecule has 2 N–H and O–H groups in total. The van der Waals surface area contributed by atoms with Gasteiger partial charge in [0.1, 0.15) is 0 Å². The summed E-state index contributed by atoms with van der Waals surface area (Å²) in [5.41, 5.74) is 10.6. The molecule has 40 heavy (non-hydrogen) atoms. The van der Waals surface area contributed by atoms with E-state index in [2.05, 4.69) is 52.5 Å². The zero-order valence-corrected chi connectivity index (χ0v) is 24.4. The quantitative estimate of drug-likeness (QED) is 0.186. The highest BCUT2D eigenvalue weighted by molar-refractivity contribution is 6.31. The van der Waals surface area contributed by atoms with E-state index in [1.807, 2.05) is 66.9 Å².